The van der Waals surface area contributed by atoms with Gasteiger partial charge in [0.1, 0.15) is 0 Å². The van der Waals surface area contributed by atoms with Crippen molar-refractivity contribution in [2.24, 2.45) is 0 Å². The zero-order valence-corrected chi connectivity index (χ0v) is 8.68. The molecule has 0 aliphatic rings. The highest BCUT2D eigenvalue weighted by Gasteiger charge is 2.17. The Bertz CT molecular complexity index is 192. The van der Waals surface area contributed by atoms with Crippen LogP contribution in [0, 0.1) is 0 Å². The van der Waals surface area contributed by atoms with Gasteiger partial charge >= 0.3 is 0 Å². The van der Waals surface area contributed by atoms with Crippen LogP contribution >= 0.6 is 0 Å². The van der Waals surface area contributed by atoms with Gasteiger partial charge in [0.2, 0.25) is 5.91 Å². The molecule has 0 spiro atoms. The summed E-state index contributed by atoms with van der Waals surface area (Å²) in [5, 5.41) is 5.48. The van der Waals surface area contributed by atoms with E-state index in [2.05, 4.69) is 10.6 Å². The summed E-state index contributed by atoms with van der Waals surface area (Å²) in [7, 11) is 1.71. The monoisotopic (exact) mass is 186 g/mol. The topological polar surface area (TPSA) is 58.2 Å². The minimum atomic E-state index is -0.344. The van der Waals surface area contributed by atoms with E-state index in [0.717, 1.165) is 0 Å². The fourth-order valence-electron chi connectivity index (χ4n) is 0.919. The number of hydrogen-bond donors (Lipinski definition) is 2. The molecule has 0 aromatic heterocycles. The molecule has 0 saturated heterocycles. The van der Waals surface area contributed by atoms with Crippen molar-refractivity contribution in [2.75, 3.05) is 7.05 Å². The van der Waals surface area contributed by atoms with E-state index < -0.39 is 0 Å². The maximum Gasteiger partial charge on any atom is 0.237 e. The minimum Gasteiger partial charge on any atom is -0.345 e. The smallest absolute Gasteiger partial charge is 0.237 e. The first-order chi connectivity index (χ1) is 6.02. The van der Waals surface area contributed by atoms with Gasteiger partial charge in [0.15, 0.2) is 5.78 Å². The van der Waals surface area contributed by atoms with Crippen LogP contribution in [0.4, 0.5) is 0 Å². The lowest BCUT2D eigenvalue weighted by Gasteiger charge is -2.16. The third-order valence-electron chi connectivity index (χ3n) is 2.04. The van der Waals surface area contributed by atoms with E-state index in [4.69, 9.17) is 0 Å². The van der Waals surface area contributed by atoms with Gasteiger partial charge < -0.3 is 10.6 Å². The molecule has 0 rings (SSSR count). The van der Waals surface area contributed by atoms with Gasteiger partial charge in [-0.05, 0) is 27.3 Å². The second-order valence-electron chi connectivity index (χ2n) is 3.09. The second-order valence-corrected chi connectivity index (χ2v) is 3.09. The molecule has 0 aromatic rings. The van der Waals surface area contributed by atoms with Crippen LogP contribution in [0.1, 0.15) is 27.2 Å². The lowest BCUT2D eigenvalue weighted by atomic mass is 10.1. The average Bonchev–Trinajstić information content (AvgIpc) is 2.11. The van der Waals surface area contributed by atoms with Crippen LogP contribution in [0.25, 0.3) is 0 Å². The van der Waals surface area contributed by atoms with Crippen molar-refractivity contribution >= 4 is 11.7 Å². The second kappa shape index (κ2) is 5.70. The number of rotatable bonds is 5. The quantitative estimate of drug-likeness (QED) is 0.639. The summed E-state index contributed by atoms with van der Waals surface area (Å²) < 4.78 is 0. The Morgan fingerprint density at radius 2 is 1.92 bits per heavy atom. The maximum absolute atomic E-state index is 11.3. The number of likely N-dealkylation sites (N-methyl/N-ethyl adjacent to an activating group) is 1. The van der Waals surface area contributed by atoms with E-state index in [1.54, 1.807) is 14.0 Å². The highest BCUT2D eigenvalue weighted by Crippen LogP contribution is 1.93. The van der Waals surface area contributed by atoms with Gasteiger partial charge in [0.05, 0.1) is 12.1 Å². The number of carbonyl (C=O) groups is 2. The van der Waals surface area contributed by atoms with Crippen molar-refractivity contribution in [3.63, 3.8) is 0 Å². The summed E-state index contributed by atoms with van der Waals surface area (Å²) >= 11 is 0. The number of ketones is 1. The Hall–Kier alpha value is -0.900. The first kappa shape index (κ1) is 12.1. The molecular weight excluding hydrogens is 168 g/mol. The predicted octanol–water partition coefficient (Wildman–Crippen LogP) is 0.0781. The van der Waals surface area contributed by atoms with Gasteiger partial charge in [-0.25, -0.2) is 0 Å². The molecule has 4 nitrogen and oxygen atoms in total. The van der Waals surface area contributed by atoms with E-state index in [1.807, 2.05) is 6.92 Å². The molecule has 0 aliphatic heterocycles. The van der Waals surface area contributed by atoms with Crippen LogP contribution in [0.2, 0.25) is 0 Å². The molecule has 2 atom stereocenters. The summed E-state index contributed by atoms with van der Waals surface area (Å²) in [4.78, 5) is 22.3. The van der Waals surface area contributed by atoms with E-state index in [1.165, 1.54) is 6.92 Å². The fourth-order valence-corrected chi connectivity index (χ4v) is 0.919. The number of Topliss-reactive ketones (excluding diaryl/α,β-unsaturated/α-hetero) is 1. The molecule has 0 saturated carbocycles. The molecule has 76 valence electrons. The molecule has 1 amide bonds. The van der Waals surface area contributed by atoms with Crippen molar-refractivity contribution in [1.29, 1.82) is 0 Å². The Balaban J connectivity index is 4.09. The molecule has 0 radical (unpaired) electrons. The van der Waals surface area contributed by atoms with Gasteiger partial charge in [-0.15, -0.1) is 0 Å². The van der Waals surface area contributed by atoms with Crippen molar-refractivity contribution in [3.8, 4) is 0 Å². The van der Waals surface area contributed by atoms with Crippen molar-refractivity contribution < 1.29 is 9.59 Å². The van der Waals surface area contributed by atoms with Crippen LogP contribution < -0.4 is 10.6 Å². The van der Waals surface area contributed by atoms with E-state index in [-0.39, 0.29) is 23.8 Å². The Labute approximate surface area is 79.1 Å². The zero-order valence-electron chi connectivity index (χ0n) is 8.68. The summed E-state index contributed by atoms with van der Waals surface area (Å²) in [6, 6.07) is -0.600. The number of nitrogens with one attached hydrogen (secondary N) is 2. The molecule has 0 fully saturated rings. The third-order valence-corrected chi connectivity index (χ3v) is 2.04. The SMILES string of the molecule is CCC(NC(=O)C(C)NC)C(C)=O. The van der Waals surface area contributed by atoms with Gasteiger partial charge in [-0.2, -0.15) is 0 Å². The van der Waals surface area contributed by atoms with E-state index in [9.17, 15) is 9.59 Å². The first-order valence-electron chi connectivity index (χ1n) is 4.51. The average molecular weight is 186 g/mol. The van der Waals surface area contributed by atoms with Gasteiger partial charge in [0.25, 0.3) is 0 Å². The molecule has 4 heteroatoms. The normalized spacial score (nSPS) is 14.8. The maximum atomic E-state index is 11.3. The van der Waals surface area contributed by atoms with E-state index >= 15 is 0 Å². The van der Waals surface area contributed by atoms with Gasteiger partial charge in [0, 0.05) is 0 Å². The van der Waals surface area contributed by atoms with Crippen LogP contribution in [0.3, 0.4) is 0 Å². The van der Waals surface area contributed by atoms with Crippen LogP contribution in [0.5, 0.6) is 0 Å². The molecular formula is C9H18N2O2. The molecule has 0 bridgehead atoms. The number of hydrogen-bond acceptors (Lipinski definition) is 3. The fraction of sp³-hybridized carbons (Fsp3) is 0.778. The third kappa shape index (κ3) is 4.03. The Kier molecular flexibility index (Phi) is 5.30. The Morgan fingerprint density at radius 1 is 1.38 bits per heavy atom. The van der Waals surface area contributed by atoms with Gasteiger partial charge in [-0.3, -0.25) is 9.59 Å². The van der Waals surface area contributed by atoms with Crippen LogP contribution in [-0.2, 0) is 9.59 Å². The molecule has 2 N–H and O–H groups in total. The summed E-state index contributed by atoms with van der Waals surface area (Å²) in [6.07, 6.45) is 0.636. The van der Waals surface area contributed by atoms with Crippen molar-refractivity contribution in [2.45, 2.75) is 39.3 Å². The molecule has 0 aliphatic carbocycles. The van der Waals surface area contributed by atoms with Crippen LogP contribution in [0.15, 0.2) is 0 Å². The summed E-state index contributed by atoms with van der Waals surface area (Å²) in [6.45, 7) is 5.11. The highest BCUT2D eigenvalue weighted by molar-refractivity contribution is 5.89. The highest BCUT2D eigenvalue weighted by atomic mass is 16.2. The largest absolute Gasteiger partial charge is 0.345 e. The first-order valence-corrected chi connectivity index (χ1v) is 4.51. The predicted molar refractivity (Wildman–Crippen MR) is 51.4 cm³/mol. The molecule has 0 aromatic carbocycles. The van der Waals surface area contributed by atoms with Crippen LogP contribution in [-0.4, -0.2) is 30.8 Å². The summed E-state index contributed by atoms with van der Waals surface area (Å²) in [5.41, 5.74) is 0. The number of carbonyl (C=O) groups excluding carboxylic acids is 2. The minimum absolute atomic E-state index is 0.000784. The summed E-state index contributed by atoms with van der Waals surface area (Å²) in [5.74, 6) is -0.135. The lowest BCUT2D eigenvalue weighted by molar-refractivity contribution is -0.127. The van der Waals surface area contributed by atoms with Crippen molar-refractivity contribution in [1.82, 2.24) is 10.6 Å². The number of amides is 1. The Morgan fingerprint density at radius 3 is 2.23 bits per heavy atom. The van der Waals surface area contributed by atoms with Gasteiger partial charge in [-0.1, -0.05) is 6.92 Å². The zero-order chi connectivity index (χ0) is 10.4. The van der Waals surface area contributed by atoms with E-state index in [0.29, 0.717) is 6.42 Å². The lowest BCUT2D eigenvalue weighted by Crippen LogP contribution is -2.47. The standard InChI is InChI=1S/C9H18N2O2/c1-5-8(7(3)12)11-9(13)6(2)10-4/h6,8,10H,5H2,1-4H3,(H,11,13). The van der Waals surface area contributed by atoms with Crippen molar-refractivity contribution in [3.05, 3.63) is 0 Å². The molecule has 2 unspecified atom stereocenters. The molecule has 13 heavy (non-hydrogen) atoms. The molecule has 0 heterocycles.